The third kappa shape index (κ3) is 5.15. The molecular weight excluding hydrogens is 448 g/mol. The van der Waals surface area contributed by atoms with Gasteiger partial charge in [0, 0.05) is 59.1 Å². The van der Waals surface area contributed by atoms with Crippen molar-refractivity contribution < 1.29 is 14.4 Å². The molecule has 0 saturated carbocycles. The van der Waals surface area contributed by atoms with E-state index >= 15 is 0 Å². The molecule has 5 rings (SSSR count). The SMILES string of the molecule is [2H]c1nc([2H])c(-c2ccnc(Nc3c([2H])c(C(=O)Nc4cc(C)cc(-n5ccc(C)c5)c4)c([2H])c([2H])c3C)n2)c([2H])c1[2H]. The third-order valence-electron chi connectivity index (χ3n) is 5.30. The number of pyridine rings is 1. The lowest BCUT2D eigenvalue weighted by Gasteiger charge is -2.13. The van der Waals surface area contributed by atoms with Crippen LogP contribution in [-0.2, 0) is 0 Å². The van der Waals surface area contributed by atoms with Crippen LogP contribution in [0.2, 0.25) is 0 Å². The van der Waals surface area contributed by atoms with Crippen molar-refractivity contribution in [3.8, 4) is 16.9 Å². The molecule has 3 heterocycles. The molecule has 2 N–H and O–H groups in total. The minimum atomic E-state index is -0.733. The minimum absolute atomic E-state index is 0.0362. The first kappa shape index (κ1) is 16.0. The first-order valence-electron chi connectivity index (χ1n) is 14.6. The summed E-state index contributed by atoms with van der Waals surface area (Å²) >= 11 is 0. The van der Waals surface area contributed by atoms with Gasteiger partial charge in [0.05, 0.1) is 15.3 Å². The molecule has 0 unspecified atom stereocenters. The molecular formula is C29H26N6O. The summed E-state index contributed by atoms with van der Waals surface area (Å²) in [6.07, 6.45) is 4.31. The largest absolute Gasteiger partial charge is 0.324 e. The van der Waals surface area contributed by atoms with Gasteiger partial charge in [-0.1, -0.05) is 6.04 Å². The fourth-order valence-electron chi connectivity index (χ4n) is 3.57. The topological polar surface area (TPSA) is 84.7 Å². The van der Waals surface area contributed by atoms with E-state index in [1.807, 2.05) is 42.9 Å². The van der Waals surface area contributed by atoms with Crippen molar-refractivity contribution in [1.82, 2.24) is 19.5 Å². The van der Waals surface area contributed by atoms with Crippen LogP contribution in [0.25, 0.3) is 16.9 Å². The fraction of sp³-hybridized carbons (Fsp3) is 0.103. The molecule has 36 heavy (non-hydrogen) atoms. The molecule has 0 radical (unpaired) electrons. The molecule has 0 saturated heterocycles. The molecule has 0 spiro atoms. The maximum Gasteiger partial charge on any atom is 0.255 e. The van der Waals surface area contributed by atoms with Crippen molar-refractivity contribution in [1.29, 1.82) is 0 Å². The molecule has 178 valence electrons. The number of nitrogens with one attached hydrogen (secondary N) is 2. The number of amides is 1. The van der Waals surface area contributed by atoms with Crippen LogP contribution in [0.15, 0.2) is 91.5 Å². The van der Waals surface area contributed by atoms with Crippen LogP contribution in [0.3, 0.4) is 0 Å². The third-order valence-corrected chi connectivity index (χ3v) is 5.30. The van der Waals surface area contributed by atoms with Crippen molar-refractivity contribution in [3.63, 3.8) is 0 Å². The average Bonchev–Trinajstić information content (AvgIpc) is 3.39. The Balaban J connectivity index is 1.51. The summed E-state index contributed by atoms with van der Waals surface area (Å²) in [5.74, 6) is -0.799. The van der Waals surface area contributed by atoms with Crippen molar-refractivity contribution in [2.45, 2.75) is 20.8 Å². The van der Waals surface area contributed by atoms with Crippen LogP contribution in [0.5, 0.6) is 0 Å². The molecule has 0 aliphatic carbocycles. The monoisotopic (exact) mass is 481 g/mol. The summed E-state index contributed by atoms with van der Waals surface area (Å²) in [5, 5.41) is 5.63. The highest BCUT2D eigenvalue weighted by Gasteiger charge is 2.12. The van der Waals surface area contributed by atoms with E-state index in [0.29, 0.717) is 5.69 Å². The maximum absolute atomic E-state index is 13.5. The summed E-state index contributed by atoms with van der Waals surface area (Å²) in [6.45, 7) is 5.40. The van der Waals surface area contributed by atoms with Crippen molar-refractivity contribution >= 4 is 23.2 Å². The Morgan fingerprint density at radius 3 is 2.78 bits per heavy atom. The van der Waals surface area contributed by atoms with E-state index in [4.69, 9.17) is 9.60 Å². The van der Waals surface area contributed by atoms with Crippen LogP contribution < -0.4 is 10.6 Å². The lowest BCUT2D eigenvalue weighted by Crippen LogP contribution is -2.13. The number of aromatic nitrogens is 4. The molecule has 0 atom stereocenters. The zero-order valence-electron chi connectivity index (χ0n) is 26.8. The zero-order valence-corrected chi connectivity index (χ0v) is 19.8. The van der Waals surface area contributed by atoms with E-state index < -0.39 is 30.3 Å². The smallest absolute Gasteiger partial charge is 0.255 e. The normalized spacial score (nSPS) is 13.5. The Morgan fingerprint density at radius 1 is 1.06 bits per heavy atom. The summed E-state index contributed by atoms with van der Waals surface area (Å²) in [5.41, 5.74) is 3.21. The van der Waals surface area contributed by atoms with Gasteiger partial charge in [0.2, 0.25) is 5.95 Å². The molecule has 7 heteroatoms. The zero-order chi connectivity index (χ0) is 31.2. The first-order chi connectivity index (χ1) is 20.3. The van der Waals surface area contributed by atoms with Gasteiger partial charge < -0.3 is 15.2 Å². The molecule has 7 nitrogen and oxygen atoms in total. The summed E-state index contributed by atoms with van der Waals surface area (Å²) in [6, 6.07) is 7.04. The Kier molecular flexibility index (Phi) is 4.37. The van der Waals surface area contributed by atoms with Crippen LogP contribution >= 0.6 is 0 Å². The highest BCUT2D eigenvalue weighted by molar-refractivity contribution is 6.05. The quantitative estimate of drug-likeness (QED) is 0.299. The summed E-state index contributed by atoms with van der Waals surface area (Å²) < 4.78 is 59.6. The Hall–Kier alpha value is -4.78. The van der Waals surface area contributed by atoms with Crippen molar-refractivity contribution in [2.75, 3.05) is 10.6 Å². The predicted molar refractivity (Wildman–Crippen MR) is 143 cm³/mol. The second kappa shape index (κ2) is 9.84. The second-order valence-corrected chi connectivity index (χ2v) is 8.21. The van der Waals surface area contributed by atoms with Gasteiger partial charge in [0.25, 0.3) is 5.91 Å². The molecule has 0 bridgehead atoms. The summed E-state index contributed by atoms with van der Waals surface area (Å²) in [7, 11) is 0. The maximum atomic E-state index is 13.5. The minimum Gasteiger partial charge on any atom is -0.324 e. The number of carbonyl (C=O) groups excluding carboxylic acids is 1. The number of carbonyl (C=O) groups is 1. The van der Waals surface area contributed by atoms with Gasteiger partial charge >= 0.3 is 0 Å². The predicted octanol–water partition coefficient (Wildman–Crippen LogP) is 6.25. The molecule has 3 aromatic heterocycles. The van der Waals surface area contributed by atoms with Crippen molar-refractivity contribution in [3.05, 3.63) is 114 Å². The van der Waals surface area contributed by atoms with E-state index in [-0.39, 0.29) is 52.1 Å². The molecule has 0 aliphatic heterocycles. The Bertz CT molecular complexity index is 1920. The number of aryl methyl sites for hydroxylation is 2. The van der Waals surface area contributed by atoms with E-state index in [0.717, 1.165) is 16.8 Å². The molecule has 1 amide bonds. The number of hydrogen-bond donors (Lipinski definition) is 2. The molecule has 0 fully saturated rings. The number of hydrogen-bond acceptors (Lipinski definition) is 5. The first-order valence-corrected chi connectivity index (χ1v) is 11.1. The molecule has 2 aromatic carbocycles. The Morgan fingerprint density at radius 2 is 1.94 bits per heavy atom. The number of rotatable bonds is 6. The van der Waals surface area contributed by atoms with E-state index in [9.17, 15) is 4.79 Å². The standard InChI is InChI=1S/C29H26N6O/c1-19-9-12-35(18-19)25-14-20(2)13-24(16-25)32-28(36)22-7-6-21(3)27(15-22)34-29-31-11-8-26(33-29)23-5-4-10-30-17-23/h4-18H,1-3H3,(H,32,36)(H,31,33,34)/i4D,5D,6D,7D,10D,15D,17D. The lowest BCUT2D eigenvalue weighted by molar-refractivity contribution is 0.102. The number of benzene rings is 2. The van der Waals surface area contributed by atoms with Crippen molar-refractivity contribution in [2.24, 2.45) is 0 Å². The van der Waals surface area contributed by atoms with E-state index in [2.05, 4.69) is 25.6 Å². The van der Waals surface area contributed by atoms with E-state index in [1.165, 1.54) is 19.2 Å². The van der Waals surface area contributed by atoms with Gasteiger partial charge in [0.1, 0.15) is 0 Å². The van der Waals surface area contributed by atoms with Gasteiger partial charge in [-0.05, 0) is 92.0 Å². The van der Waals surface area contributed by atoms with Gasteiger partial charge in [-0.3, -0.25) is 9.78 Å². The highest BCUT2D eigenvalue weighted by atomic mass is 16.1. The van der Waals surface area contributed by atoms with E-state index in [1.54, 1.807) is 12.1 Å². The highest BCUT2D eigenvalue weighted by Crippen LogP contribution is 2.24. The second-order valence-electron chi connectivity index (χ2n) is 8.21. The number of anilines is 3. The summed E-state index contributed by atoms with van der Waals surface area (Å²) in [4.78, 5) is 25.6. The fourth-order valence-corrected chi connectivity index (χ4v) is 3.57. The molecule has 0 aliphatic rings. The van der Waals surface area contributed by atoms with Crippen LogP contribution in [0, 0.1) is 20.8 Å². The van der Waals surface area contributed by atoms with Gasteiger partial charge in [-0.2, -0.15) is 0 Å². The Labute approximate surface area is 219 Å². The van der Waals surface area contributed by atoms with Crippen LogP contribution in [-0.4, -0.2) is 25.4 Å². The van der Waals surface area contributed by atoms with Gasteiger partial charge in [0.15, 0.2) is 0 Å². The van der Waals surface area contributed by atoms with Gasteiger partial charge in [-0.15, -0.1) is 0 Å². The van der Waals surface area contributed by atoms with Gasteiger partial charge in [-0.25, -0.2) is 9.97 Å². The van der Waals surface area contributed by atoms with Crippen LogP contribution in [0.4, 0.5) is 17.3 Å². The lowest BCUT2D eigenvalue weighted by atomic mass is 10.1. The number of nitrogens with zero attached hydrogens (tertiary/aromatic N) is 4. The molecule has 5 aromatic rings. The van der Waals surface area contributed by atoms with Crippen LogP contribution in [0.1, 0.15) is 36.6 Å². The average molecular weight is 482 g/mol.